The molecule has 206 valence electrons. The molecule has 2 heterocycles. The zero-order valence-corrected chi connectivity index (χ0v) is 23.2. The molecule has 2 aromatic heterocycles. The molecule has 0 atom stereocenters. The Kier molecular flexibility index (Phi) is 8.99. The number of aryl methyl sites for hydroxylation is 2. The van der Waals surface area contributed by atoms with E-state index in [4.69, 9.17) is 9.47 Å². The fourth-order valence-electron chi connectivity index (χ4n) is 3.93. The summed E-state index contributed by atoms with van der Waals surface area (Å²) < 4.78 is 13.5. The van der Waals surface area contributed by atoms with E-state index in [0.717, 1.165) is 11.3 Å². The number of anilines is 3. The molecule has 1 amide bonds. The SMILES string of the molecule is CC#CC(=O)Nc1cc2c(Nc3ccc(Oc4ccn(CC)c(=O)c4)c(C)c3)ncnc2cc1OCCN(C)C. The number of likely N-dealkylation sites (N-methyl/N-ethyl adjacent to an activating group) is 1. The molecule has 0 fully saturated rings. The van der Waals surface area contributed by atoms with Gasteiger partial charge < -0.3 is 29.6 Å². The van der Waals surface area contributed by atoms with E-state index in [0.29, 0.717) is 59.4 Å². The van der Waals surface area contributed by atoms with Crippen LogP contribution in [-0.4, -0.2) is 52.6 Å². The number of hydrogen-bond donors (Lipinski definition) is 2. The number of rotatable bonds is 10. The lowest BCUT2D eigenvalue weighted by atomic mass is 10.1. The Morgan fingerprint density at radius 3 is 2.62 bits per heavy atom. The molecule has 0 spiro atoms. The van der Waals surface area contributed by atoms with Gasteiger partial charge in [0.25, 0.3) is 11.5 Å². The molecule has 0 bridgehead atoms. The number of pyridine rings is 1. The van der Waals surface area contributed by atoms with Gasteiger partial charge in [0.15, 0.2) is 0 Å². The first-order valence-corrected chi connectivity index (χ1v) is 12.8. The maximum Gasteiger partial charge on any atom is 0.300 e. The highest BCUT2D eigenvalue weighted by molar-refractivity contribution is 6.06. The van der Waals surface area contributed by atoms with Gasteiger partial charge in [0, 0.05) is 42.5 Å². The predicted octanol–water partition coefficient (Wildman–Crippen LogP) is 4.56. The smallest absolute Gasteiger partial charge is 0.300 e. The minimum Gasteiger partial charge on any atom is -0.490 e. The fraction of sp³-hybridized carbons (Fsp3) is 0.267. The maximum atomic E-state index is 12.3. The Labute approximate surface area is 233 Å². The lowest BCUT2D eigenvalue weighted by molar-refractivity contribution is -0.111. The van der Waals surface area contributed by atoms with Crippen LogP contribution in [-0.2, 0) is 11.3 Å². The number of carbonyl (C=O) groups excluding carboxylic acids is 1. The molecule has 10 heteroatoms. The van der Waals surface area contributed by atoms with Crippen molar-refractivity contribution in [2.45, 2.75) is 27.3 Å². The zero-order chi connectivity index (χ0) is 28.6. The van der Waals surface area contributed by atoms with Crippen molar-refractivity contribution in [3.63, 3.8) is 0 Å². The summed E-state index contributed by atoms with van der Waals surface area (Å²) in [6, 6.07) is 12.4. The highest BCUT2D eigenvalue weighted by atomic mass is 16.5. The summed E-state index contributed by atoms with van der Waals surface area (Å²) >= 11 is 0. The third kappa shape index (κ3) is 6.95. The molecule has 0 saturated carbocycles. The number of carbonyl (C=O) groups is 1. The van der Waals surface area contributed by atoms with Crippen molar-refractivity contribution in [1.29, 1.82) is 0 Å². The summed E-state index contributed by atoms with van der Waals surface area (Å²) in [7, 11) is 3.92. The summed E-state index contributed by atoms with van der Waals surface area (Å²) in [5.74, 6) is 6.82. The monoisotopic (exact) mass is 540 g/mol. The van der Waals surface area contributed by atoms with Gasteiger partial charge in [-0.2, -0.15) is 0 Å². The van der Waals surface area contributed by atoms with Gasteiger partial charge in [0.2, 0.25) is 0 Å². The van der Waals surface area contributed by atoms with Crippen LogP contribution in [0.4, 0.5) is 17.2 Å². The van der Waals surface area contributed by atoms with Crippen molar-refractivity contribution in [3.05, 3.63) is 70.9 Å². The third-order valence-electron chi connectivity index (χ3n) is 5.99. The number of hydrogen-bond acceptors (Lipinski definition) is 8. The quantitative estimate of drug-likeness (QED) is 0.282. The first-order chi connectivity index (χ1) is 19.3. The summed E-state index contributed by atoms with van der Waals surface area (Å²) in [4.78, 5) is 35.3. The number of nitrogens with zero attached hydrogens (tertiary/aromatic N) is 4. The van der Waals surface area contributed by atoms with Crippen molar-refractivity contribution in [2.75, 3.05) is 37.9 Å². The molecular formula is C30H32N6O4. The Morgan fingerprint density at radius 2 is 1.93 bits per heavy atom. The van der Waals surface area contributed by atoms with Crippen molar-refractivity contribution in [1.82, 2.24) is 19.4 Å². The van der Waals surface area contributed by atoms with Gasteiger partial charge in [0.1, 0.15) is 36.0 Å². The van der Waals surface area contributed by atoms with Crippen LogP contribution in [0.5, 0.6) is 17.2 Å². The Hall–Kier alpha value is -4.88. The number of ether oxygens (including phenoxy) is 2. The van der Waals surface area contributed by atoms with Crippen LogP contribution in [0.3, 0.4) is 0 Å². The number of benzene rings is 2. The molecule has 0 saturated heterocycles. The van der Waals surface area contributed by atoms with Gasteiger partial charge in [-0.15, -0.1) is 0 Å². The van der Waals surface area contributed by atoms with Crippen LogP contribution in [0.25, 0.3) is 10.9 Å². The third-order valence-corrected chi connectivity index (χ3v) is 5.99. The maximum absolute atomic E-state index is 12.3. The molecule has 10 nitrogen and oxygen atoms in total. The lowest BCUT2D eigenvalue weighted by Crippen LogP contribution is -2.20. The van der Waals surface area contributed by atoms with Gasteiger partial charge >= 0.3 is 0 Å². The number of amides is 1. The van der Waals surface area contributed by atoms with E-state index in [1.165, 1.54) is 12.4 Å². The van der Waals surface area contributed by atoms with E-state index in [9.17, 15) is 9.59 Å². The summed E-state index contributed by atoms with van der Waals surface area (Å²) in [6.45, 7) is 7.17. The van der Waals surface area contributed by atoms with Crippen LogP contribution in [0.1, 0.15) is 19.4 Å². The highest BCUT2D eigenvalue weighted by Crippen LogP contribution is 2.34. The first-order valence-electron chi connectivity index (χ1n) is 12.8. The van der Waals surface area contributed by atoms with E-state index < -0.39 is 5.91 Å². The molecule has 0 aliphatic rings. The molecule has 2 N–H and O–H groups in total. The Balaban J connectivity index is 1.61. The van der Waals surface area contributed by atoms with Crippen LogP contribution >= 0.6 is 0 Å². The van der Waals surface area contributed by atoms with Crippen molar-refractivity contribution in [2.24, 2.45) is 0 Å². The summed E-state index contributed by atoms with van der Waals surface area (Å²) in [5.41, 5.74) is 2.65. The van der Waals surface area contributed by atoms with Crippen LogP contribution < -0.4 is 25.7 Å². The summed E-state index contributed by atoms with van der Waals surface area (Å²) in [5, 5.41) is 6.84. The van der Waals surface area contributed by atoms with Gasteiger partial charge in [0.05, 0.1) is 11.2 Å². The first kappa shape index (κ1) is 28.1. The molecule has 0 aliphatic carbocycles. The molecule has 2 aromatic carbocycles. The van der Waals surface area contributed by atoms with Gasteiger partial charge in [-0.25, -0.2) is 9.97 Å². The summed E-state index contributed by atoms with van der Waals surface area (Å²) in [6.07, 6.45) is 3.19. The van der Waals surface area contributed by atoms with E-state index in [-0.39, 0.29) is 5.56 Å². The van der Waals surface area contributed by atoms with Gasteiger partial charge in [-0.1, -0.05) is 5.92 Å². The largest absolute Gasteiger partial charge is 0.490 e. The van der Waals surface area contributed by atoms with Crippen molar-refractivity contribution < 1.29 is 14.3 Å². The molecule has 40 heavy (non-hydrogen) atoms. The van der Waals surface area contributed by atoms with Crippen LogP contribution in [0.2, 0.25) is 0 Å². The topological polar surface area (TPSA) is 111 Å². The van der Waals surface area contributed by atoms with Crippen molar-refractivity contribution in [3.8, 4) is 29.1 Å². The van der Waals surface area contributed by atoms with Gasteiger partial charge in [-0.3, -0.25) is 9.59 Å². The molecule has 0 aliphatic heterocycles. The number of fused-ring (bicyclic) bond motifs is 1. The van der Waals surface area contributed by atoms with Crippen LogP contribution in [0.15, 0.2) is 59.8 Å². The second-order valence-electron chi connectivity index (χ2n) is 9.26. The second-order valence-corrected chi connectivity index (χ2v) is 9.26. The molecule has 0 unspecified atom stereocenters. The molecule has 0 radical (unpaired) electrons. The molecule has 4 rings (SSSR count). The normalized spacial score (nSPS) is 10.7. The minimum absolute atomic E-state index is 0.116. The molecular weight excluding hydrogens is 508 g/mol. The van der Waals surface area contributed by atoms with E-state index in [1.807, 2.05) is 51.0 Å². The van der Waals surface area contributed by atoms with Crippen molar-refractivity contribution >= 4 is 34.0 Å². The standard InChI is InChI=1S/C30H32N6O4/c1-6-8-28(37)34-25-17-23-24(18-27(25)39-14-13-35(4)5)31-19-32-30(23)33-21-9-10-26(20(3)15-21)40-22-11-12-36(7-2)29(38)16-22/h9-12,15-19H,7,13-14H2,1-5H3,(H,34,37)(H,31,32,33). The molecule has 4 aromatic rings. The minimum atomic E-state index is -0.441. The van der Waals surface area contributed by atoms with E-state index in [1.54, 1.807) is 35.9 Å². The van der Waals surface area contributed by atoms with Crippen LogP contribution in [0, 0.1) is 18.8 Å². The predicted molar refractivity (Wildman–Crippen MR) is 157 cm³/mol. The highest BCUT2D eigenvalue weighted by Gasteiger charge is 2.14. The zero-order valence-electron chi connectivity index (χ0n) is 23.2. The van der Waals surface area contributed by atoms with Gasteiger partial charge in [-0.05, 0) is 76.7 Å². The van der Waals surface area contributed by atoms with E-state index >= 15 is 0 Å². The second kappa shape index (κ2) is 12.8. The fourth-order valence-corrected chi connectivity index (χ4v) is 3.93. The Bertz CT molecular complexity index is 1650. The average Bonchev–Trinajstić information content (AvgIpc) is 2.91. The Morgan fingerprint density at radius 1 is 1.10 bits per heavy atom. The number of nitrogens with one attached hydrogen (secondary N) is 2. The number of aromatic nitrogens is 3. The van der Waals surface area contributed by atoms with E-state index in [2.05, 4.69) is 32.4 Å². The lowest BCUT2D eigenvalue weighted by Gasteiger charge is -2.16. The average molecular weight is 541 g/mol.